The smallest absolute Gasteiger partial charge is 0.259 e. The molecule has 14 heteroatoms. The summed E-state index contributed by atoms with van der Waals surface area (Å²) in [4.78, 5) is 52.9. The van der Waals surface area contributed by atoms with Gasteiger partial charge in [-0.1, -0.05) is 32.9 Å². The molecule has 3 aliphatic rings. The van der Waals surface area contributed by atoms with Crippen molar-refractivity contribution in [3.05, 3.63) is 47.0 Å². The van der Waals surface area contributed by atoms with Crippen LogP contribution < -0.4 is 19.5 Å². The number of rotatable bonds is 10. The molecule has 3 aromatic rings. The summed E-state index contributed by atoms with van der Waals surface area (Å²) >= 11 is 1.52. The number of allylic oxidation sites excluding steroid dienone is 1. The molecular weight excluding hydrogens is 703 g/mol. The van der Waals surface area contributed by atoms with E-state index >= 15 is 0 Å². The molecule has 6 rings (SSSR count). The summed E-state index contributed by atoms with van der Waals surface area (Å²) in [5.41, 5.74) is 1.83. The molecule has 2 aromatic heterocycles. The highest BCUT2D eigenvalue weighted by molar-refractivity contribution is 7.91. The number of nitrogens with zero attached hydrogens (tertiary/aromatic N) is 3. The second-order valence-electron chi connectivity index (χ2n) is 14.7. The lowest BCUT2D eigenvalue weighted by atomic mass is 9.88. The first-order valence-corrected chi connectivity index (χ1v) is 20.5. The molecule has 1 aromatic carbocycles. The molecule has 0 spiro atoms. The van der Waals surface area contributed by atoms with E-state index in [1.165, 1.54) is 11.3 Å². The Hall–Kier alpha value is -4.04. The van der Waals surface area contributed by atoms with Crippen molar-refractivity contribution < 1.29 is 32.3 Å². The van der Waals surface area contributed by atoms with Gasteiger partial charge >= 0.3 is 0 Å². The van der Waals surface area contributed by atoms with Gasteiger partial charge in [0.2, 0.25) is 21.8 Å². The first kappa shape index (κ1) is 37.7. The third-order valence-corrected chi connectivity index (χ3v) is 13.2. The molecule has 1 aliphatic heterocycles. The fraction of sp³-hybridized carbons (Fsp3) is 0.553. The zero-order valence-corrected chi connectivity index (χ0v) is 32.4. The Morgan fingerprint density at radius 2 is 1.94 bits per heavy atom. The molecule has 3 amide bonds. The van der Waals surface area contributed by atoms with Crippen molar-refractivity contribution in [3.8, 4) is 22.2 Å². The monoisotopic (exact) mass is 751 g/mol. The first-order chi connectivity index (χ1) is 24.8. The number of aromatic nitrogens is 2. The number of nitrogens with one attached hydrogen (secondary N) is 2. The van der Waals surface area contributed by atoms with Crippen LogP contribution in [0.2, 0.25) is 0 Å². The molecule has 4 unspecified atom stereocenters. The maximum Gasteiger partial charge on any atom is 0.259 e. The Morgan fingerprint density at radius 3 is 2.63 bits per heavy atom. The second-order valence-corrected chi connectivity index (χ2v) is 17.5. The highest BCUT2D eigenvalue weighted by Crippen LogP contribution is 2.46. The summed E-state index contributed by atoms with van der Waals surface area (Å²) in [7, 11) is -0.454. The summed E-state index contributed by atoms with van der Waals surface area (Å²) in [5.74, 6) is -1.80. The van der Waals surface area contributed by atoms with E-state index in [4.69, 9.17) is 19.4 Å². The average Bonchev–Trinajstić information content (AvgIpc) is 4.03. The molecule has 3 heterocycles. The van der Waals surface area contributed by atoms with Crippen molar-refractivity contribution in [2.45, 2.75) is 89.3 Å². The van der Waals surface area contributed by atoms with Gasteiger partial charge in [0, 0.05) is 47.8 Å². The highest BCUT2D eigenvalue weighted by atomic mass is 32.2. The van der Waals surface area contributed by atoms with Gasteiger partial charge in [0.15, 0.2) is 0 Å². The van der Waals surface area contributed by atoms with Crippen LogP contribution in [0.25, 0.3) is 21.6 Å². The minimum atomic E-state index is -3.82. The largest absolute Gasteiger partial charge is 0.496 e. The van der Waals surface area contributed by atoms with E-state index < -0.39 is 44.5 Å². The van der Waals surface area contributed by atoms with E-state index in [2.05, 4.69) is 23.9 Å². The summed E-state index contributed by atoms with van der Waals surface area (Å²) in [6.45, 7) is 8.48. The molecule has 2 saturated carbocycles. The summed E-state index contributed by atoms with van der Waals surface area (Å²) in [6, 6.07) is 5.64. The first-order valence-electron chi connectivity index (χ1n) is 18.1. The SMILES string of the molecule is COc1ccc2c(OCCC3C(=O)N(C)CCCCC=CC4CC4(C(=O)NS(=O)(=O)C4CC4)NC(=O)C3C)cc(-c3nc(C(C)C)cs3)nc2c1C. The van der Waals surface area contributed by atoms with Crippen molar-refractivity contribution in [3.63, 3.8) is 0 Å². The standard InChI is InChI=1S/C38H49N5O7S2/c1-22(2)30-21-51-35(40-30)29-19-32(28-14-15-31(49-6)24(4)33(28)39-29)50-18-16-27-23(3)34(44)41-38(37(46)42-52(47,48)26-12-13-26)20-25(38)11-9-7-8-10-17-43(5)36(27)45/h9,11,14-15,19,21-23,25-27H,7-8,10,12-13,16-18,20H2,1-6H3,(H,41,44)(H,42,46). The Balaban J connectivity index is 1.26. The zero-order chi connectivity index (χ0) is 37.4. The van der Waals surface area contributed by atoms with Gasteiger partial charge in [-0.2, -0.15) is 0 Å². The van der Waals surface area contributed by atoms with Gasteiger partial charge in [-0.15, -0.1) is 11.3 Å². The molecular formula is C38H49N5O7S2. The number of carbonyl (C=O) groups excluding carboxylic acids is 3. The highest BCUT2D eigenvalue weighted by Gasteiger charge is 2.61. The maximum absolute atomic E-state index is 14.0. The van der Waals surface area contributed by atoms with Crippen LogP contribution in [-0.4, -0.2) is 79.1 Å². The number of methoxy groups -OCH3 is 1. The summed E-state index contributed by atoms with van der Waals surface area (Å²) in [5, 5.41) is 5.90. The Morgan fingerprint density at radius 1 is 1.17 bits per heavy atom. The molecule has 4 atom stereocenters. The summed E-state index contributed by atoms with van der Waals surface area (Å²) < 4.78 is 39.7. The number of ether oxygens (including phenoxy) is 2. The van der Waals surface area contributed by atoms with Crippen LogP contribution >= 0.6 is 11.3 Å². The van der Waals surface area contributed by atoms with Crippen molar-refractivity contribution in [1.29, 1.82) is 0 Å². The van der Waals surface area contributed by atoms with E-state index in [-0.39, 0.29) is 37.2 Å². The number of aryl methyl sites for hydroxylation is 1. The molecule has 0 bridgehead atoms. The minimum absolute atomic E-state index is 0.122. The second kappa shape index (κ2) is 15.1. The van der Waals surface area contributed by atoms with Crippen LogP contribution in [0.4, 0.5) is 0 Å². The predicted octanol–water partition coefficient (Wildman–Crippen LogP) is 5.50. The van der Waals surface area contributed by atoms with Gasteiger partial charge < -0.3 is 19.7 Å². The number of carbonyl (C=O) groups is 3. The van der Waals surface area contributed by atoms with Crippen LogP contribution in [0.3, 0.4) is 0 Å². The van der Waals surface area contributed by atoms with Crippen molar-refractivity contribution in [2.24, 2.45) is 17.8 Å². The number of hydrogen-bond acceptors (Lipinski definition) is 10. The number of pyridine rings is 1. The van der Waals surface area contributed by atoms with Crippen molar-refractivity contribution >= 4 is 50.0 Å². The van der Waals surface area contributed by atoms with Gasteiger partial charge in [0.05, 0.1) is 36.1 Å². The Bertz CT molecular complexity index is 1990. The molecule has 2 fully saturated rings. The number of fused-ring (bicyclic) bond motifs is 2. The predicted molar refractivity (Wildman–Crippen MR) is 201 cm³/mol. The van der Waals surface area contributed by atoms with Gasteiger partial charge in [-0.25, -0.2) is 18.4 Å². The third kappa shape index (κ3) is 7.83. The number of benzene rings is 1. The lowest BCUT2D eigenvalue weighted by molar-refractivity contribution is -0.142. The van der Waals surface area contributed by atoms with E-state index in [0.717, 1.165) is 46.4 Å². The summed E-state index contributed by atoms with van der Waals surface area (Å²) in [6.07, 6.45) is 7.76. The van der Waals surface area contributed by atoms with Crippen LogP contribution in [0, 0.1) is 24.7 Å². The molecule has 2 aliphatic carbocycles. The molecule has 0 radical (unpaired) electrons. The van der Waals surface area contributed by atoms with Crippen molar-refractivity contribution in [1.82, 2.24) is 24.9 Å². The molecule has 52 heavy (non-hydrogen) atoms. The van der Waals surface area contributed by atoms with Crippen LogP contribution in [0.1, 0.15) is 82.9 Å². The molecule has 280 valence electrons. The maximum atomic E-state index is 14.0. The van der Waals surface area contributed by atoms with Gasteiger partial charge in [0.25, 0.3) is 5.91 Å². The quantitative estimate of drug-likeness (QED) is 0.255. The Labute approximate surface area is 309 Å². The Kier molecular flexibility index (Phi) is 11.0. The molecule has 2 N–H and O–H groups in total. The zero-order valence-electron chi connectivity index (χ0n) is 30.7. The van der Waals surface area contributed by atoms with Gasteiger partial charge in [0.1, 0.15) is 27.7 Å². The normalized spacial score (nSPS) is 24.3. The fourth-order valence-electron chi connectivity index (χ4n) is 6.83. The van der Waals surface area contributed by atoms with Gasteiger partial charge in [-0.05, 0) is 69.9 Å². The van der Waals surface area contributed by atoms with Gasteiger partial charge in [-0.3, -0.25) is 19.1 Å². The van der Waals surface area contributed by atoms with E-state index in [9.17, 15) is 22.8 Å². The minimum Gasteiger partial charge on any atom is -0.496 e. The van der Waals surface area contributed by atoms with E-state index in [1.807, 2.05) is 42.7 Å². The fourth-order valence-corrected chi connectivity index (χ4v) is 9.13. The number of thiazole rings is 1. The number of sulfonamides is 1. The van der Waals surface area contributed by atoms with E-state index in [0.29, 0.717) is 36.6 Å². The van der Waals surface area contributed by atoms with Crippen LogP contribution in [0.15, 0.2) is 35.7 Å². The van der Waals surface area contributed by atoms with Crippen LogP contribution in [0.5, 0.6) is 11.5 Å². The van der Waals surface area contributed by atoms with E-state index in [1.54, 1.807) is 26.0 Å². The topological polar surface area (TPSA) is 157 Å². The van der Waals surface area contributed by atoms with Crippen LogP contribution in [-0.2, 0) is 24.4 Å². The molecule has 12 nitrogen and oxygen atoms in total. The number of hydrogen-bond donors (Lipinski definition) is 2. The lowest BCUT2D eigenvalue weighted by Crippen LogP contribution is -2.54. The lowest BCUT2D eigenvalue weighted by Gasteiger charge is -2.29. The average molecular weight is 752 g/mol. The third-order valence-electron chi connectivity index (χ3n) is 10.5. The van der Waals surface area contributed by atoms with Crippen molar-refractivity contribution in [2.75, 3.05) is 27.3 Å². The number of amides is 3. The molecule has 0 saturated heterocycles.